The van der Waals surface area contributed by atoms with Gasteiger partial charge in [0.1, 0.15) is 5.82 Å². The summed E-state index contributed by atoms with van der Waals surface area (Å²) in [5.41, 5.74) is 0.597. The van der Waals surface area contributed by atoms with Gasteiger partial charge in [-0.05, 0) is 12.1 Å². The number of amides is 2. The molecule has 0 spiro atoms. The second-order valence-electron chi connectivity index (χ2n) is 4.03. The first-order valence-electron chi connectivity index (χ1n) is 5.32. The van der Waals surface area contributed by atoms with E-state index in [2.05, 4.69) is 5.32 Å². The summed E-state index contributed by atoms with van der Waals surface area (Å²) in [5, 5.41) is 10.8. The summed E-state index contributed by atoms with van der Waals surface area (Å²) in [5.74, 6) is -1.28. The van der Waals surface area contributed by atoms with Crippen molar-refractivity contribution in [1.82, 2.24) is 10.2 Å². The van der Waals surface area contributed by atoms with Crippen molar-refractivity contribution in [3.63, 3.8) is 0 Å². The van der Waals surface area contributed by atoms with E-state index in [1.165, 1.54) is 12.1 Å². The monoisotopic (exact) mass is 247 g/mol. The molecule has 1 heterocycles. The van der Waals surface area contributed by atoms with Gasteiger partial charge < -0.3 is 0 Å². The molecule has 2 amide bonds. The maximum Gasteiger partial charge on any atom is 0.240 e. The smallest absolute Gasteiger partial charge is 0.240 e. The molecule has 0 aromatic heterocycles. The Morgan fingerprint density at radius 1 is 1.33 bits per heavy atom. The number of hydrogen-bond acceptors (Lipinski definition) is 4. The molecule has 92 valence electrons. The number of nitriles is 1. The summed E-state index contributed by atoms with van der Waals surface area (Å²) in [6, 6.07) is 5.98. The molecular weight excluding hydrogens is 237 g/mol. The van der Waals surface area contributed by atoms with Gasteiger partial charge in [-0.1, -0.05) is 6.07 Å². The molecule has 0 unspecified atom stereocenters. The minimum atomic E-state index is -0.507. The summed E-state index contributed by atoms with van der Waals surface area (Å²) in [6.45, 7) is 0.285. The van der Waals surface area contributed by atoms with Gasteiger partial charge in [0.05, 0.1) is 24.7 Å². The standard InChI is InChI=1S/C12H10FN3O2/c13-10-3-8(4-14)1-2-9(10)5-16-6-11(17)15-12(18)7-16/h1-3H,5-7H2,(H,15,17,18). The first kappa shape index (κ1) is 12.2. The van der Waals surface area contributed by atoms with Crippen LogP contribution >= 0.6 is 0 Å². The zero-order chi connectivity index (χ0) is 13.1. The first-order chi connectivity index (χ1) is 8.58. The Labute approximate surface area is 103 Å². The van der Waals surface area contributed by atoms with E-state index in [1.807, 2.05) is 6.07 Å². The number of imide groups is 1. The predicted octanol–water partition coefficient (Wildman–Crippen LogP) is 0.156. The molecule has 18 heavy (non-hydrogen) atoms. The van der Waals surface area contributed by atoms with Gasteiger partial charge in [0.15, 0.2) is 0 Å². The van der Waals surface area contributed by atoms with Crippen LogP contribution in [0.1, 0.15) is 11.1 Å². The predicted molar refractivity (Wildman–Crippen MR) is 59.5 cm³/mol. The lowest BCUT2D eigenvalue weighted by atomic mass is 10.1. The molecule has 1 aliphatic heterocycles. The molecule has 1 aromatic carbocycles. The zero-order valence-corrected chi connectivity index (χ0v) is 9.44. The van der Waals surface area contributed by atoms with E-state index < -0.39 is 5.82 Å². The number of nitrogens with zero attached hydrogens (tertiary/aromatic N) is 2. The first-order valence-corrected chi connectivity index (χ1v) is 5.32. The number of rotatable bonds is 2. The van der Waals surface area contributed by atoms with Crippen molar-refractivity contribution in [2.75, 3.05) is 13.1 Å². The van der Waals surface area contributed by atoms with Crippen LogP contribution in [0.4, 0.5) is 4.39 Å². The normalized spacial score (nSPS) is 16.2. The SMILES string of the molecule is N#Cc1ccc(CN2CC(=O)NC(=O)C2)c(F)c1. The molecule has 0 radical (unpaired) electrons. The van der Waals surface area contributed by atoms with Crippen LogP contribution in [-0.2, 0) is 16.1 Å². The quantitative estimate of drug-likeness (QED) is 0.755. The van der Waals surface area contributed by atoms with Gasteiger partial charge >= 0.3 is 0 Å². The molecule has 0 bridgehead atoms. The molecule has 5 nitrogen and oxygen atoms in total. The Morgan fingerprint density at radius 2 is 2.00 bits per heavy atom. The fraction of sp³-hybridized carbons (Fsp3) is 0.250. The molecule has 6 heteroatoms. The highest BCUT2D eigenvalue weighted by Crippen LogP contribution is 2.13. The van der Waals surface area contributed by atoms with Gasteiger partial charge in [-0.2, -0.15) is 5.26 Å². The molecule has 0 atom stereocenters. The minimum Gasteiger partial charge on any atom is -0.294 e. The summed E-state index contributed by atoms with van der Waals surface area (Å²) in [7, 11) is 0. The van der Waals surface area contributed by atoms with Gasteiger partial charge in [0.2, 0.25) is 11.8 Å². The highest BCUT2D eigenvalue weighted by Gasteiger charge is 2.23. The van der Waals surface area contributed by atoms with Crippen LogP contribution < -0.4 is 5.32 Å². The number of benzene rings is 1. The molecule has 1 N–H and O–H groups in total. The number of carbonyl (C=O) groups excluding carboxylic acids is 2. The Hall–Kier alpha value is -2.26. The third kappa shape index (κ3) is 2.70. The van der Waals surface area contributed by atoms with E-state index in [4.69, 9.17) is 5.26 Å². The number of hydrogen-bond donors (Lipinski definition) is 1. The van der Waals surface area contributed by atoms with Crippen LogP contribution in [0.3, 0.4) is 0 Å². The Bertz CT molecular complexity index is 535. The fourth-order valence-electron chi connectivity index (χ4n) is 1.79. The second kappa shape index (κ2) is 4.94. The summed E-state index contributed by atoms with van der Waals surface area (Å²) >= 11 is 0. The Morgan fingerprint density at radius 3 is 2.56 bits per heavy atom. The molecule has 0 aliphatic carbocycles. The van der Waals surface area contributed by atoms with E-state index in [0.29, 0.717) is 5.56 Å². The third-order valence-corrected chi connectivity index (χ3v) is 2.59. The van der Waals surface area contributed by atoms with Crippen molar-refractivity contribution >= 4 is 11.8 Å². The summed E-state index contributed by atoms with van der Waals surface area (Å²) in [4.78, 5) is 23.8. The third-order valence-electron chi connectivity index (χ3n) is 2.59. The van der Waals surface area contributed by atoms with Crippen LogP contribution in [0, 0.1) is 17.1 Å². The number of nitrogens with one attached hydrogen (secondary N) is 1. The van der Waals surface area contributed by atoms with Gasteiger partial charge in [-0.25, -0.2) is 4.39 Å². The fourth-order valence-corrected chi connectivity index (χ4v) is 1.79. The number of piperazine rings is 1. The maximum absolute atomic E-state index is 13.6. The lowest BCUT2D eigenvalue weighted by Crippen LogP contribution is -2.50. The van der Waals surface area contributed by atoms with Gasteiger partial charge in [-0.3, -0.25) is 19.8 Å². The van der Waals surface area contributed by atoms with Crippen molar-refractivity contribution in [2.45, 2.75) is 6.54 Å². The van der Waals surface area contributed by atoms with E-state index >= 15 is 0 Å². The highest BCUT2D eigenvalue weighted by molar-refractivity contribution is 5.99. The highest BCUT2D eigenvalue weighted by atomic mass is 19.1. The lowest BCUT2D eigenvalue weighted by Gasteiger charge is -2.25. The van der Waals surface area contributed by atoms with Gasteiger partial charge in [-0.15, -0.1) is 0 Å². The molecule has 1 aromatic rings. The van der Waals surface area contributed by atoms with Crippen molar-refractivity contribution < 1.29 is 14.0 Å². The van der Waals surface area contributed by atoms with Crippen LogP contribution in [0.25, 0.3) is 0 Å². The average molecular weight is 247 g/mol. The molecule has 1 fully saturated rings. The summed E-state index contributed by atoms with van der Waals surface area (Å²) < 4.78 is 13.6. The average Bonchev–Trinajstić information content (AvgIpc) is 2.30. The van der Waals surface area contributed by atoms with E-state index in [-0.39, 0.29) is 37.0 Å². The summed E-state index contributed by atoms with van der Waals surface area (Å²) in [6.07, 6.45) is 0. The van der Waals surface area contributed by atoms with Crippen LogP contribution in [-0.4, -0.2) is 29.8 Å². The van der Waals surface area contributed by atoms with Gasteiger partial charge in [0, 0.05) is 12.1 Å². The zero-order valence-electron chi connectivity index (χ0n) is 9.44. The van der Waals surface area contributed by atoms with Gasteiger partial charge in [0.25, 0.3) is 0 Å². The van der Waals surface area contributed by atoms with Crippen molar-refractivity contribution in [1.29, 1.82) is 5.26 Å². The Balaban J connectivity index is 2.12. The van der Waals surface area contributed by atoms with Crippen molar-refractivity contribution in [3.05, 3.63) is 35.1 Å². The second-order valence-corrected chi connectivity index (χ2v) is 4.03. The van der Waals surface area contributed by atoms with E-state index in [9.17, 15) is 14.0 Å². The Kier molecular flexibility index (Phi) is 3.35. The minimum absolute atomic E-state index is 0.0607. The number of halogens is 1. The molecule has 1 saturated heterocycles. The lowest BCUT2D eigenvalue weighted by molar-refractivity contribution is -0.136. The van der Waals surface area contributed by atoms with Crippen molar-refractivity contribution in [3.8, 4) is 6.07 Å². The molecule has 0 saturated carbocycles. The van der Waals surface area contributed by atoms with E-state index in [0.717, 1.165) is 6.07 Å². The van der Waals surface area contributed by atoms with Crippen molar-refractivity contribution in [2.24, 2.45) is 0 Å². The van der Waals surface area contributed by atoms with Crippen LogP contribution in [0.2, 0.25) is 0 Å². The maximum atomic E-state index is 13.6. The largest absolute Gasteiger partial charge is 0.294 e. The molecular formula is C12H10FN3O2. The number of carbonyl (C=O) groups is 2. The topological polar surface area (TPSA) is 73.2 Å². The van der Waals surface area contributed by atoms with E-state index in [1.54, 1.807) is 4.90 Å². The van der Waals surface area contributed by atoms with Crippen LogP contribution in [0.5, 0.6) is 0 Å². The van der Waals surface area contributed by atoms with Crippen LogP contribution in [0.15, 0.2) is 18.2 Å². The molecule has 2 rings (SSSR count). The molecule has 1 aliphatic rings.